The Morgan fingerprint density at radius 2 is 2.25 bits per heavy atom. The molecule has 0 amide bonds. The van der Waals surface area contributed by atoms with Crippen LogP contribution < -0.4 is 0 Å². The average molecular weight is 222 g/mol. The van der Waals surface area contributed by atoms with Crippen molar-refractivity contribution in [2.75, 3.05) is 0 Å². The van der Waals surface area contributed by atoms with Gasteiger partial charge >= 0.3 is 5.97 Å². The summed E-state index contributed by atoms with van der Waals surface area (Å²) in [5, 5.41) is 9.20. The highest BCUT2D eigenvalue weighted by molar-refractivity contribution is 5.87. The Balaban J connectivity index is 2.98. The summed E-state index contributed by atoms with van der Waals surface area (Å²) < 4.78 is 0. The molecular weight excluding hydrogens is 200 g/mol. The zero-order valence-electron chi connectivity index (χ0n) is 10.5. The summed E-state index contributed by atoms with van der Waals surface area (Å²) in [4.78, 5) is 11.2. The Morgan fingerprint density at radius 3 is 2.69 bits per heavy atom. The number of hydrogen-bond acceptors (Lipinski definition) is 1. The highest BCUT2D eigenvalue weighted by Crippen LogP contribution is 2.37. The summed E-state index contributed by atoms with van der Waals surface area (Å²) >= 11 is 0. The minimum absolute atomic E-state index is 0.383. The van der Waals surface area contributed by atoms with Gasteiger partial charge in [-0.25, -0.2) is 4.79 Å². The van der Waals surface area contributed by atoms with Crippen molar-refractivity contribution < 1.29 is 9.90 Å². The van der Waals surface area contributed by atoms with Crippen molar-refractivity contribution in [1.29, 1.82) is 0 Å². The van der Waals surface area contributed by atoms with Crippen molar-refractivity contribution >= 4 is 5.97 Å². The summed E-state index contributed by atoms with van der Waals surface area (Å²) in [5.41, 5.74) is 2.99. The second kappa shape index (κ2) is 5.33. The lowest BCUT2D eigenvalue weighted by Crippen LogP contribution is -2.19. The molecule has 0 aromatic carbocycles. The molecule has 90 valence electrons. The van der Waals surface area contributed by atoms with Crippen LogP contribution in [0.25, 0.3) is 0 Å². The lowest BCUT2D eigenvalue weighted by molar-refractivity contribution is -0.133. The molecule has 1 rings (SSSR count). The number of carboxylic acids is 1. The van der Waals surface area contributed by atoms with Crippen LogP contribution in [0.2, 0.25) is 0 Å². The van der Waals surface area contributed by atoms with E-state index in [4.69, 9.17) is 0 Å². The quantitative estimate of drug-likeness (QED) is 0.735. The normalized spacial score (nSPS) is 23.1. The van der Waals surface area contributed by atoms with Crippen LogP contribution in [0.15, 0.2) is 23.3 Å². The Hall–Kier alpha value is -1.05. The van der Waals surface area contributed by atoms with Gasteiger partial charge in [0.15, 0.2) is 0 Å². The molecule has 0 spiro atoms. The van der Waals surface area contributed by atoms with Crippen LogP contribution in [0.3, 0.4) is 0 Å². The first-order valence-electron chi connectivity index (χ1n) is 6.07. The van der Waals surface area contributed by atoms with Crippen LogP contribution in [0.5, 0.6) is 0 Å². The molecule has 0 saturated heterocycles. The molecule has 0 bridgehead atoms. The zero-order chi connectivity index (χ0) is 12.3. The van der Waals surface area contributed by atoms with Crippen molar-refractivity contribution in [3.8, 4) is 0 Å². The molecule has 0 heterocycles. The number of aliphatic carboxylic acids is 1. The maximum Gasteiger partial charge on any atom is 0.331 e. The van der Waals surface area contributed by atoms with E-state index >= 15 is 0 Å². The first kappa shape index (κ1) is 13.0. The fraction of sp³-hybridized carbons (Fsp3) is 0.643. The summed E-state index contributed by atoms with van der Waals surface area (Å²) in [7, 11) is 0. The number of hydrogen-bond donors (Lipinski definition) is 1. The molecule has 0 aromatic heterocycles. The Bertz CT molecular complexity index is 326. The molecule has 0 saturated carbocycles. The minimum Gasteiger partial charge on any atom is -0.478 e. The maximum atomic E-state index is 11.2. The van der Waals surface area contributed by atoms with E-state index in [9.17, 15) is 9.90 Å². The molecule has 0 fully saturated rings. The van der Waals surface area contributed by atoms with E-state index < -0.39 is 5.97 Å². The van der Waals surface area contributed by atoms with Gasteiger partial charge in [0, 0.05) is 5.57 Å². The van der Waals surface area contributed by atoms with Crippen molar-refractivity contribution in [2.45, 2.75) is 46.5 Å². The summed E-state index contributed by atoms with van der Waals surface area (Å²) in [6, 6.07) is 0. The van der Waals surface area contributed by atoms with Crippen LogP contribution in [0, 0.1) is 11.8 Å². The van der Waals surface area contributed by atoms with Crippen LogP contribution in [0.1, 0.15) is 46.5 Å². The maximum absolute atomic E-state index is 11.2. The van der Waals surface area contributed by atoms with E-state index in [2.05, 4.69) is 20.4 Å². The van der Waals surface area contributed by atoms with E-state index in [-0.39, 0.29) is 0 Å². The number of rotatable bonds is 4. The monoisotopic (exact) mass is 222 g/mol. The SMILES string of the molecule is C=C(C)[C@@H]1CCC(C(=O)O)=C(C(C)CC)C1. The van der Waals surface area contributed by atoms with Gasteiger partial charge in [0.25, 0.3) is 0 Å². The number of carbonyl (C=O) groups is 1. The molecule has 1 aliphatic rings. The predicted octanol–water partition coefficient (Wildman–Crippen LogP) is 3.79. The number of carboxylic acid groups (broad SMARTS) is 1. The van der Waals surface area contributed by atoms with Gasteiger partial charge in [-0.05, 0) is 44.4 Å². The summed E-state index contributed by atoms with van der Waals surface area (Å²) in [6.45, 7) is 10.3. The van der Waals surface area contributed by atoms with Gasteiger partial charge in [-0.2, -0.15) is 0 Å². The highest BCUT2D eigenvalue weighted by atomic mass is 16.4. The first-order valence-corrected chi connectivity index (χ1v) is 6.07. The van der Waals surface area contributed by atoms with Crippen molar-refractivity contribution in [1.82, 2.24) is 0 Å². The van der Waals surface area contributed by atoms with Crippen LogP contribution in [-0.4, -0.2) is 11.1 Å². The van der Waals surface area contributed by atoms with Crippen LogP contribution in [0.4, 0.5) is 0 Å². The predicted molar refractivity (Wildman–Crippen MR) is 66.3 cm³/mol. The molecule has 0 aromatic rings. The molecular formula is C14H22O2. The van der Waals surface area contributed by atoms with Crippen LogP contribution in [-0.2, 0) is 4.79 Å². The topological polar surface area (TPSA) is 37.3 Å². The first-order chi connectivity index (χ1) is 7.47. The summed E-state index contributed by atoms with van der Waals surface area (Å²) in [5.74, 6) is 0.135. The minimum atomic E-state index is -0.726. The molecule has 2 heteroatoms. The van der Waals surface area contributed by atoms with Gasteiger partial charge in [-0.15, -0.1) is 0 Å². The fourth-order valence-corrected chi connectivity index (χ4v) is 2.38. The highest BCUT2D eigenvalue weighted by Gasteiger charge is 2.27. The van der Waals surface area contributed by atoms with E-state index in [1.165, 1.54) is 5.57 Å². The van der Waals surface area contributed by atoms with Gasteiger partial charge in [0.05, 0.1) is 0 Å². The van der Waals surface area contributed by atoms with E-state index in [1.54, 1.807) is 0 Å². The molecule has 16 heavy (non-hydrogen) atoms. The Morgan fingerprint density at radius 1 is 1.62 bits per heavy atom. The smallest absolute Gasteiger partial charge is 0.331 e. The molecule has 2 nitrogen and oxygen atoms in total. The number of allylic oxidation sites excluding steroid dienone is 2. The van der Waals surface area contributed by atoms with Crippen LogP contribution >= 0.6 is 0 Å². The largest absolute Gasteiger partial charge is 0.478 e. The molecule has 0 radical (unpaired) electrons. The van der Waals surface area contributed by atoms with Gasteiger partial charge in [0.2, 0.25) is 0 Å². The lowest BCUT2D eigenvalue weighted by Gasteiger charge is -2.29. The fourth-order valence-electron chi connectivity index (χ4n) is 2.38. The van der Waals surface area contributed by atoms with E-state index in [0.29, 0.717) is 23.8 Å². The molecule has 1 unspecified atom stereocenters. The van der Waals surface area contributed by atoms with Gasteiger partial charge < -0.3 is 5.11 Å². The van der Waals surface area contributed by atoms with Gasteiger partial charge in [-0.3, -0.25) is 0 Å². The standard InChI is InChI=1S/C14H22O2/c1-5-10(4)13-8-11(9(2)3)6-7-12(13)14(15)16/h10-11H,2,5-8H2,1,3-4H3,(H,15,16)/t10?,11-/m1/s1. The molecule has 2 atom stereocenters. The Kier molecular flexibility index (Phi) is 4.34. The average Bonchev–Trinajstić information content (AvgIpc) is 2.26. The van der Waals surface area contributed by atoms with Crippen molar-refractivity contribution in [2.24, 2.45) is 11.8 Å². The van der Waals surface area contributed by atoms with Gasteiger partial charge in [-0.1, -0.05) is 31.6 Å². The second-order valence-electron chi connectivity index (χ2n) is 4.90. The third kappa shape index (κ3) is 2.75. The summed E-state index contributed by atoms with van der Waals surface area (Å²) in [6.07, 6.45) is 3.55. The molecule has 0 aliphatic heterocycles. The third-order valence-electron chi connectivity index (χ3n) is 3.76. The van der Waals surface area contributed by atoms with Crippen molar-refractivity contribution in [3.05, 3.63) is 23.3 Å². The van der Waals surface area contributed by atoms with Gasteiger partial charge in [0.1, 0.15) is 0 Å². The van der Waals surface area contributed by atoms with E-state index in [0.717, 1.165) is 24.8 Å². The molecule has 1 aliphatic carbocycles. The molecule has 1 N–H and O–H groups in total. The Labute approximate surface area is 98.1 Å². The third-order valence-corrected chi connectivity index (χ3v) is 3.76. The van der Waals surface area contributed by atoms with E-state index in [1.807, 2.05) is 6.92 Å². The lowest BCUT2D eigenvalue weighted by atomic mass is 9.76. The zero-order valence-corrected chi connectivity index (χ0v) is 10.5. The second-order valence-corrected chi connectivity index (χ2v) is 4.90. The van der Waals surface area contributed by atoms with Crippen molar-refractivity contribution in [3.63, 3.8) is 0 Å².